The summed E-state index contributed by atoms with van der Waals surface area (Å²) in [6.45, 7) is 4.27. The number of aromatic nitrogens is 3. The number of aryl methyl sites for hydroxylation is 1. The van der Waals surface area contributed by atoms with Gasteiger partial charge in [0.05, 0.1) is 24.4 Å². The average Bonchev–Trinajstić information content (AvgIpc) is 3.43. The Labute approximate surface area is 192 Å². The fourth-order valence-electron chi connectivity index (χ4n) is 4.91. The second kappa shape index (κ2) is 8.62. The van der Waals surface area contributed by atoms with Gasteiger partial charge in [0, 0.05) is 49.6 Å². The van der Waals surface area contributed by atoms with Gasteiger partial charge in [-0.2, -0.15) is 5.10 Å². The first-order chi connectivity index (χ1) is 15.9. The van der Waals surface area contributed by atoms with E-state index in [4.69, 9.17) is 20.6 Å². The van der Waals surface area contributed by atoms with Gasteiger partial charge in [-0.1, -0.05) is 0 Å². The zero-order chi connectivity index (χ0) is 23.1. The summed E-state index contributed by atoms with van der Waals surface area (Å²) in [6, 6.07) is 6.24. The van der Waals surface area contributed by atoms with E-state index in [0.29, 0.717) is 12.3 Å². The first kappa shape index (κ1) is 21.6. The number of nitrogens with zero attached hydrogens (tertiary/aromatic N) is 5. The monoisotopic (exact) mass is 452 g/mol. The van der Waals surface area contributed by atoms with Crippen molar-refractivity contribution in [3.8, 4) is 5.75 Å². The van der Waals surface area contributed by atoms with Gasteiger partial charge in [-0.25, -0.2) is 13.9 Å². The number of fused-ring (bicyclic) bond motifs is 1. The number of benzene rings is 1. The van der Waals surface area contributed by atoms with Crippen LogP contribution in [0.5, 0.6) is 5.75 Å². The molecule has 2 atom stereocenters. The predicted octanol–water partition coefficient (Wildman–Crippen LogP) is 3.09. The summed E-state index contributed by atoms with van der Waals surface area (Å²) in [5.74, 6) is 0.409. The Bertz CT molecular complexity index is 1200. The van der Waals surface area contributed by atoms with Crippen LogP contribution in [-0.2, 0) is 0 Å². The van der Waals surface area contributed by atoms with Crippen LogP contribution in [0.4, 0.5) is 10.2 Å². The Hall–Kier alpha value is -3.20. The number of nitrogens with two attached hydrogens (primary N) is 1. The van der Waals surface area contributed by atoms with Gasteiger partial charge >= 0.3 is 0 Å². The summed E-state index contributed by atoms with van der Waals surface area (Å²) in [5.41, 5.74) is 8.68. The second-order valence-corrected chi connectivity index (χ2v) is 8.97. The van der Waals surface area contributed by atoms with Crippen molar-refractivity contribution in [2.45, 2.75) is 44.7 Å². The molecule has 2 aromatic heterocycles. The maximum absolute atomic E-state index is 14.6. The van der Waals surface area contributed by atoms with E-state index in [1.807, 2.05) is 19.2 Å². The van der Waals surface area contributed by atoms with Gasteiger partial charge in [0.1, 0.15) is 17.4 Å². The third-order valence-electron chi connectivity index (χ3n) is 6.66. The van der Waals surface area contributed by atoms with E-state index in [1.54, 1.807) is 15.5 Å². The van der Waals surface area contributed by atoms with Crippen LogP contribution in [0.25, 0.3) is 5.65 Å². The standard InChI is InChI=1S/C24H29FN6O2/c1-15-13-31-22(27-23(15)29-10-8-16(26)14-29)12-20(28-31)21-5-3-4-9-30(21)24(32)18-7-6-17(33-2)11-19(18)25/h6-7,11-13,16,21H,3-5,8-10,14,26H2,1-2H3/t16-,21-/m0/s1. The van der Waals surface area contributed by atoms with Gasteiger partial charge in [-0.05, 0) is 44.7 Å². The maximum atomic E-state index is 14.6. The van der Waals surface area contributed by atoms with E-state index in [9.17, 15) is 9.18 Å². The molecule has 174 valence electrons. The van der Waals surface area contributed by atoms with E-state index in [0.717, 1.165) is 61.5 Å². The number of halogens is 1. The Morgan fingerprint density at radius 1 is 1.21 bits per heavy atom. The number of hydrogen-bond acceptors (Lipinski definition) is 6. The van der Waals surface area contributed by atoms with E-state index >= 15 is 0 Å². The van der Waals surface area contributed by atoms with Crippen LogP contribution in [0.2, 0.25) is 0 Å². The van der Waals surface area contributed by atoms with Gasteiger partial charge in [-0.15, -0.1) is 0 Å². The van der Waals surface area contributed by atoms with E-state index in [2.05, 4.69) is 4.90 Å². The van der Waals surface area contributed by atoms with Gasteiger partial charge in [0.25, 0.3) is 5.91 Å². The van der Waals surface area contributed by atoms with E-state index < -0.39 is 5.82 Å². The number of rotatable bonds is 4. The summed E-state index contributed by atoms with van der Waals surface area (Å²) in [6.07, 6.45) is 5.57. The average molecular weight is 453 g/mol. The summed E-state index contributed by atoms with van der Waals surface area (Å²) in [5, 5.41) is 4.76. The highest BCUT2D eigenvalue weighted by Crippen LogP contribution is 2.33. The molecule has 2 aliphatic heterocycles. The van der Waals surface area contributed by atoms with Crippen LogP contribution in [-0.4, -0.2) is 58.2 Å². The lowest BCUT2D eigenvalue weighted by molar-refractivity contribution is 0.0601. The molecule has 2 saturated heterocycles. The first-order valence-electron chi connectivity index (χ1n) is 11.5. The number of anilines is 1. The number of hydrogen-bond donors (Lipinski definition) is 1. The third kappa shape index (κ3) is 4.01. The largest absolute Gasteiger partial charge is 0.497 e. The number of methoxy groups -OCH3 is 1. The van der Waals surface area contributed by atoms with Gasteiger partial charge in [-0.3, -0.25) is 4.79 Å². The lowest BCUT2D eigenvalue weighted by Crippen LogP contribution is -2.39. The molecule has 9 heteroatoms. The molecule has 3 aromatic rings. The lowest BCUT2D eigenvalue weighted by atomic mass is 9.98. The highest BCUT2D eigenvalue weighted by molar-refractivity contribution is 5.95. The first-order valence-corrected chi connectivity index (χ1v) is 11.5. The second-order valence-electron chi connectivity index (χ2n) is 8.97. The zero-order valence-electron chi connectivity index (χ0n) is 19.0. The number of carbonyl (C=O) groups excluding carboxylic acids is 1. The van der Waals surface area contributed by atoms with Crippen LogP contribution in [0.1, 0.15) is 53.3 Å². The third-order valence-corrected chi connectivity index (χ3v) is 6.66. The zero-order valence-corrected chi connectivity index (χ0v) is 19.0. The molecule has 0 aliphatic carbocycles. The van der Waals surface area contributed by atoms with Crippen LogP contribution < -0.4 is 15.4 Å². The Balaban J connectivity index is 1.46. The predicted molar refractivity (Wildman–Crippen MR) is 123 cm³/mol. The van der Waals surface area contributed by atoms with Gasteiger partial charge < -0.3 is 20.3 Å². The number of carbonyl (C=O) groups is 1. The van der Waals surface area contributed by atoms with Gasteiger partial charge in [0.2, 0.25) is 0 Å². The molecule has 2 fully saturated rings. The molecule has 2 N–H and O–H groups in total. The topological polar surface area (TPSA) is 89.0 Å². The highest BCUT2D eigenvalue weighted by Gasteiger charge is 2.32. The Morgan fingerprint density at radius 2 is 2.06 bits per heavy atom. The molecule has 0 spiro atoms. The molecular weight excluding hydrogens is 423 g/mol. The summed E-state index contributed by atoms with van der Waals surface area (Å²) < 4.78 is 21.5. The minimum atomic E-state index is -0.579. The lowest BCUT2D eigenvalue weighted by Gasteiger charge is -2.34. The summed E-state index contributed by atoms with van der Waals surface area (Å²) >= 11 is 0. The molecule has 4 heterocycles. The van der Waals surface area contributed by atoms with Crippen molar-refractivity contribution < 1.29 is 13.9 Å². The fraction of sp³-hybridized carbons (Fsp3) is 0.458. The summed E-state index contributed by atoms with van der Waals surface area (Å²) in [7, 11) is 1.47. The van der Waals surface area contributed by atoms with Crippen LogP contribution in [0.15, 0.2) is 30.5 Å². The fourth-order valence-corrected chi connectivity index (χ4v) is 4.91. The molecule has 33 heavy (non-hydrogen) atoms. The van der Waals surface area contributed by atoms with Crippen molar-refractivity contribution in [3.05, 3.63) is 53.1 Å². The number of piperidine rings is 1. The van der Waals surface area contributed by atoms with Crippen molar-refractivity contribution in [1.29, 1.82) is 0 Å². The van der Waals surface area contributed by atoms with Gasteiger partial charge in [0.15, 0.2) is 5.65 Å². The molecule has 1 amide bonds. The van der Waals surface area contributed by atoms with Crippen molar-refractivity contribution in [2.24, 2.45) is 5.73 Å². The van der Waals surface area contributed by atoms with Crippen molar-refractivity contribution in [3.63, 3.8) is 0 Å². The minimum Gasteiger partial charge on any atom is -0.497 e. The molecular formula is C24H29FN6O2. The van der Waals surface area contributed by atoms with E-state index in [-0.39, 0.29) is 23.6 Å². The number of ether oxygens (including phenoxy) is 1. The Morgan fingerprint density at radius 3 is 2.79 bits per heavy atom. The molecule has 0 bridgehead atoms. The highest BCUT2D eigenvalue weighted by atomic mass is 19.1. The van der Waals surface area contributed by atoms with Crippen molar-refractivity contribution >= 4 is 17.4 Å². The minimum absolute atomic E-state index is 0.0492. The van der Waals surface area contributed by atoms with Crippen LogP contribution in [0, 0.1) is 12.7 Å². The van der Waals surface area contributed by atoms with E-state index in [1.165, 1.54) is 19.2 Å². The van der Waals surface area contributed by atoms with Crippen LogP contribution >= 0.6 is 0 Å². The molecule has 2 aliphatic rings. The quantitative estimate of drug-likeness (QED) is 0.654. The molecule has 0 unspecified atom stereocenters. The number of likely N-dealkylation sites (tertiary alicyclic amines) is 1. The summed E-state index contributed by atoms with van der Waals surface area (Å²) in [4.78, 5) is 22.1. The van der Waals surface area contributed by atoms with Crippen molar-refractivity contribution in [2.75, 3.05) is 31.6 Å². The Kier molecular flexibility index (Phi) is 5.65. The normalized spacial score (nSPS) is 21.1. The smallest absolute Gasteiger partial charge is 0.257 e. The molecule has 5 rings (SSSR count). The molecule has 0 radical (unpaired) electrons. The molecule has 8 nitrogen and oxygen atoms in total. The number of amides is 1. The molecule has 1 aromatic carbocycles. The van der Waals surface area contributed by atoms with Crippen molar-refractivity contribution in [1.82, 2.24) is 19.5 Å². The SMILES string of the molecule is COc1ccc(C(=O)N2CCCC[C@H]2c2cc3nc(N4CC[C@H](N)C4)c(C)cn3n2)c(F)c1. The maximum Gasteiger partial charge on any atom is 0.257 e. The molecule has 0 saturated carbocycles. The van der Waals surface area contributed by atoms with Crippen LogP contribution in [0.3, 0.4) is 0 Å².